The molecule has 0 aliphatic heterocycles. The van der Waals surface area contributed by atoms with Crippen molar-refractivity contribution in [1.29, 1.82) is 0 Å². The Morgan fingerprint density at radius 2 is 1.92 bits per heavy atom. The van der Waals surface area contributed by atoms with Crippen molar-refractivity contribution in [3.8, 4) is 0 Å². The van der Waals surface area contributed by atoms with Gasteiger partial charge in [-0.05, 0) is 25.5 Å². The standard InChI is InChI=1S/C17H20N6O/c1-11-4-5-13(12(2)10-11)21-16-14-15(19-7-6-18-14)22-17(23-16)20-8-9-24-3/h4-7,10H,8-9H2,1-3H3,(H2,19,20,21,22,23). The fourth-order valence-electron chi connectivity index (χ4n) is 2.38. The Bertz CT molecular complexity index is 852. The zero-order valence-electron chi connectivity index (χ0n) is 14.0. The molecule has 3 aromatic rings. The van der Waals surface area contributed by atoms with Gasteiger partial charge in [0, 0.05) is 31.7 Å². The van der Waals surface area contributed by atoms with Gasteiger partial charge in [0.15, 0.2) is 17.0 Å². The van der Waals surface area contributed by atoms with E-state index in [0.29, 0.717) is 36.1 Å². The van der Waals surface area contributed by atoms with Gasteiger partial charge in [-0.15, -0.1) is 0 Å². The lowest BCUT2D eigenvalue weighted by Crippen LogP contribution is -2.12. The summed E-state index contributed by atoms with van der Waals surface area (Å²) in [6.07, 6.45) is 3.26. The lowest BCUT2D eigenvalue weighted by atomic mass is 10.1. The SMILES string of the molecule is COCCNc1nc(Nc2ccc(C)cc2C)c2nccnc2n1. The predicted octanol–water partition coefficient (Wildman–Crippen LogP) is 2.84. The quantitative estimate of drug-likeness (QED) is 0.674. The third-order valence-electron chi connectivity index (χ3n) is 3.56. The summed E-state index contributed by atoms with van der Waals surface area (Å²) >= 11 is 0. The third-order valence-corrected chi connectivity index (χ3v) is 3.56. The summed E-state index contributed by atoms with van der Waals surface area (Å²) in [4.78, 5) is 17.6. The number of aromatic nitrogens is 4. The Balaban J connectivity index is 1.98. The van der Waals surface area contributed by atoms with Gasteiger partial charge in [0.25, 0.3) is 0 Å². The summed E-state index contributed by atoms with van der Waals surface area (Å²) < 4.78 is 5.04. The van der Waals surface area contributed by atoms with Gasteiger partial charge < -0.3 is 15.4 Å². The molecule has 0 spiro atoms. The van der Waals surface area contributed by atoms with E-state index >= 15 is 0 Å². The molecule has 3 rings (SSSR count). The highest BCUT2D eigenvalue weighted by Gasteiger charge is 2.11. The van der Waals surface area contributed by atoms with E-state index in [1.54, 1.807) is 19.5 Å². The molecule has 7 nitrogen and oxygen atoms in total. The second kappa shape index (κ2) is 7.18. The first kappa shape index (κ1) is 16.1. The highest BCUT2D eigenvalue weighted by molar-refractivity contribution is 5.86. The first-order chi connectivity index (χ1) is 11.7. The maximum atomic E-state index is 5.04. The molecule has 2 heterocycles. The van der Waals surface area contributed by atoms with E-state index in [9.17, 15) is 0 Å². The molecule has 0 aliphatic carbocycles. The number of benzene rings is 1. The van der Waals surface area contributed by atoms with Crippen molar-refractivity contribution >= 4 is 28.6 Å². The second-order valence-electron chi connectivity index (χ2n) is 5.49. The number of hydrogen-bond acceptors (Lipinski definition) is 7. The average molecular weight is 324 g/mol. The van der Waals surface area contributed by atoms with Crippen LogP contribution in [0, 0.1) is 13.8 Å². The monoisotopic (exact) mass is 324 g/mol. The summed E-state index contributed by atoms with van der Waals surface area (Å²) in [5, 5.41) is 6.48. The summed E-state index contributed by atoms with van der Waals surface area (Å²) in [6, 6.07) is 6.21. The van der Waals surface area contributed by atoms with Crippen LogP contribution in [0.25, 0.3) is 11.2 Å². The molecule has 2 N–H and O–H groups in total. The average Bonchev–Trinajstić information content (AvgIpc) is 2.57. The van der Waals surface area contributed by atoms with Crippen molar-refractivity contribution in [2.75, 3.05) is 30.9 Å². The lowest BCUT2D eigenvalue weighted by molar-refractivity contribution is 0.210. The molecule has 1 aromatic carbocycles. The summed E-state index contributed by atoms with van der Waals surface area (Å²) in [5.41, 5.74) is 4.51. The molecule has 0 radical (unpaired) electrons. The van der Waals surface area contributed by atoms with Crippen LogP contribution in [0.4, 0.5) is 17.5 Å². The minimum Gasteiger partial charge on any atom is -0.383 e. The maximum absolute atomic E-state index is 5.04. The van der Waals surface area contributed by atoms with Gasteiger partial charge in [0.05, 0.1) is 6.61 Å². The topological polar surface area (TPSA) is 84.9 Å². The number of aryl methyl sites for hydroxylation is 2. The van der Waals surface area contributed by atoms with Crippen molar-refractivity contribution in [2.45, 2.75) is 13.8 Å². The number of nitrogens with one attached hydrogen (secondary N) is 2. The molecule has 24 heavy (non-hydrogen) atoms. The van der Waals surface area contributed by atoms with Crippen LogP contribution in [0.1, 0.15) is 11.1 Å². The number of fused-ring (bicyclic) bond motifs is 1. The lowest BCUT2D eigenvalue weighted by Gasteiger charge is -2.12. The van der Waals surface area contributed by atoms with Gasteiger partial charge in [0.1, 0.15) is 0 Å². The Hall–Kier alpha value is -2.80. The number of rotatable bonds is 6. The van der Waals surface area contributed by atoms with Crippen molar-refractivity contribution in [2.24, 2.45) is 0 Å². The van der Waals surface area contributed by atoms with Crippen LogP contribution < -0.4 is 10.6 Å². The molecule has 124 valence electrons. The van der Waals surface area contributed by atoms with E-state index in [-0.39, 0.29) is 0 Å². The molecule has 7 heteroatoms. The molecule has 2 aromatic heterocycles. The van der Waals surface area contributed by atoms with Crippen molar-refractivity contribution in [3.05, 3.63) is 41.7 Å². The molecule has 0 saturated carbocycles. The number of hydrogen-bond donors (Lipinski definition) is 2. The van der Waals surface area contributed by atoms with Crippen LogP contribution in [0.5, 0.6) is 0 Å². The normalized spacial score (nSPS) is 10.8. The van der Waals surface area contributed by atoms with E-state index in [1.165, 1.54) is 5.56 Å². The Morgan fingerprint density at radius 1 is 1.08 bits per heavy atom. The Kier molecular flexibility index (Phi) is 4.81. The minimum absolute atomic E-state index is 0.493. The fourth-order valence-corrected chi connectivity index (χ4v) is 2.38. The molecule has 0 fully saturated rings. The van der Waals surface area contributed by atoms with Gasteiger partial charge in [0.2, 0.25) is 5.95 Å². The number of nitrogens with zero attached hydrogens (tertiary/aromatic N) is 4. The molecule has 0 unspecified atom stereocenters. The summed E-state index contributed by atoms with van der Waals surface area (Å²) in [7, 11) is 1.65. The van der Waals surface area contributed by atoms with Crippen molar-refractivity contribution in [3.63, 3.8) is 0 Å². The predicted molar refractivity (Wildman–Crippen MR) is 94.7 cm³/mol. The van der Waals surface area contributed by atoms with E-state index in [0.717, 1.165) is 11.3 Å². The molecule has 0 atom stereocenters. The molecular formula is C17H20N6O. The Labute approximate surface area is 140 Å². The van der Waals surface area contributed by atoms with Gasteiger partial charge in [-0.25, -0.2) is 9.97 Å². The molecule has 0 amide bonds. The molecule has 0 aliphatic rings. The number of anilines is 3. The van der Waals surface area contributed by atoms with E-state index in [1.807, 2.05) is 6.07 Å². The van der Waals surface area contributed by atoms with Crippen LogP contribution in [0.2, 0.25) is 0 Å². The first-order valence-corrected chi connectivity index (χ1v) is 7.73. The second-order valence-corrected chi connectivity index (χ2v) is 5.49. The van der Waals surface area contributed by atoms with E-state index < -0.39 is 0 Å². The highest BCUT2D eigenvalue weighted by atomic mass is 16.5. The third kappa shape index (κ3) is 3.57. The van der Waals surface area contributed by atoms with E-state index in [2.05, 4.69) is 56.5 Å². The summed E-state index contributed by atoms with van der Waals surface area (Å²) in [5.74, 6) is 1.12. The minimum atomic E-state index is 0.493. The zero-order valence-corrected chi connectivity index (χ0v) is 14.0. The van der Waals surface area contributed by atoms with Crippen LogP contribution in [0.3, 0.4) is 0 Å². The zero-order chi connectivity index (χ0) is 16.9. The van der Waals surface area contributed by atoms with Crippen LogP contribution in [-0.2, 0) is 4.74 Å². The van der Waals surface area contributed by atoms with Crippen molar-refractivity contribution < 1.29 is 4.74 Å². The van der Waals surface area contributed by atoms with E-state index in [4.69, 9.17) is 4.74 Å². The van der Waals surface area contributed by atoms with Gasteiger partial charge >= 0.3 is 0 Å². The molecular weight excluding hydrogens is 304 g/mol. The summed E-state index contributed by atoms with van der Waals surface area (Å²) in [6.45, 7) is 5.31. The van der Waals surface area contributed by atoms with Crippen LogP contribution >= 0.6 is 0 Å². The van der Waals surface area contributed by atoms with Crippen molar-refractivity contribution in [1.82, 2.24) is 19.9 Å². The fraction of sp³-hybridized carbons (Fsp3) is 0.294. The first-order valence-electron chi connectivity index (χ1n) is 7.73. The maximum Gasteiger partial charge on any atom is 0.226 e. The van der Waals surface area contributed by atoms with Gasteiger partial charge in [-0.2, -0.15) is 9.97 Å². The Morgan fingerprint density at radius 3 is 2.71 bits per heavy atom. The van der Waals surface area contributed by atoms with Crippen LogP contribution in [-0.4, -0.2) is 40.2 Å². The number of ether oxygens (including phenoxy) is 1. The van der Waals surface area contributed by atoms with Gasteiger partial charge in [-0.3, -0.25) is 0 Å². The van der Waals surface area contributed by atoms with Gasteiger partial charge in [-0.1, -0.05) is 17.7 Å². The molecule has 0 bridgehead atoms. The highest BCUT2D eigenvalue weighted by Crippen LogP contribution is 2.25. The van der Waals surface area contributed by atoms with Crippen LogP contribution in [0.15, 0.2) is 30.6 Å². The smallest absolute Gasteiger partial charge is 0.226 e. The largest absolute Gasteiger partial charge is 0.383 e. The molecule has 0 saturated heterocycles. The number of methoxy groups -OCH3 is 1.